The second kappa shape index (κ2) is 7.72. The van der Waals surface area contributed by atoms with E-state index in [4.69, 9.17) is 45.4 Å². The number of nitrogens with two attached hydrogens (primary N) is 2. The van der Waals surface area contributed by atoms with E-state index in [2.05, 4.69) is 0 Å². The van der Waals surface area contributed by atoms with Crippen molar-refractivity contribution in [2.75, 3.05) is 0 Å². The highest BCUT2D eigenvalue weighted by Crippen LogP contribution is 2.18. The van der Waals surface area contributed by atoms with Gasteiger partial charge in [0.2, 0.25) is 0 Å². The van der Waals surface area contributed by atoms with Crippen LogP contribution in [0.4, 0.5) is 0 Å². The monoisotopic (exact) mass is 332 g/mol. The van der Waals surface area contributed by atoms with Gasteiger partial charge < -0.3 is 20.9 Å². The Balaban J connectivity index is 2.00. The van der Waals surface area contributed by atoms with Crippen LogP contribution in [0.15, 0.2) is 48.5 Å². The summed E-state index contributed by atoms with van der Waals surface area (Å²) in [5, 5.41) is 0.0273. The first kappa shape index (κ1) is 16.2. The zero-order valence-electron chi connectivity index (χ0n) is 11.8. The summed E-state index contributed by atoms with van der Waals surface area (Å²) in [5.41, 5.74) is 13.0. The van der Waals surface area contributed by atoms with E-state index in [1.54, 1.807) is 0 Å². The molecule has 114 valence electrons. The molecule has 0 atom stereocenters. The minimum absolute atomic E-state index is 0.0137. The summed E-state index contributed by atoms with van der Waals surface area (Å²) in [6.07, 6.45) is 1.70. The lowest BCUT2D eigenvalue weighted by Crippen LogP contribution is -2.16. The van der Waals surface area contributed by atoms with Crippen molar-refractivity contribution in [3.05, 3.63) is 59.7 Å². The third-order valence-electron chi connectivity index (χ3n) is 2.94. The lowest BCUT2D eigenvalue weighted by Gasteiger charge is -2.08. The molecule has 4 N–H and O–H groups in total. The maximum atomic E-state index is 5.37. The first-order valence-electron chi connectivity index (χ1n) is 6.65. The molecule has 0 saturated carbocycles. The Labute approximate surface area is 140 Å². The molecule has 0 saturated heterocycles. The molecule has 0 amide bonds. The molecule has 4 nitrogen and oxygen atoms in total. The van der Waals surface area contributed by atoms with Crippen LogP contribution in [0.2, 0.25) is 0 Å². The molecule has 2 aromatic rings. The van der Waals surface area contributed by atoms with Crippen molar-refractivity contribution in [2.45, 2.75) is 12.8 Å². The smallest absolute Gasteiger partial charge is 0.259 e. The van der Waals surface area contributed by atoms with Gasteiger partial charge in [0.1, 0.15) is 11.5 Å². The van der Waals surface area contributed by atoms with Gasteiger partial charge in [-0.15, -0.1) is 0 Å². The van der Waals surface area contributed by atoms with Crippen LogP contribution in [0, 0.1) is 0 Å². The average molecular weight is 332 g/mol. The van der Waals surface area contributed by atoms with E-state index in [-0.39, 0.29) is 10.3 Å². The lowest BCUT2D eigenvalue weighted by atomic mass is 10.0. The Morgan fingerprint density at radius 3 is 1.55 bits per heavy atom. The first-order valence-corrected chi connectivity index (χ1v) is 7.47. The van der Waals surface area contributed by atoms with Crippen LogP contribution < -0.4 is 20.9 Å². The van der Waals surface area contributed by atoms with E-state index in [0.29, 0.717) is 11.5 Å². The molecule has 6 heteroatoms. The zero-order valence-corrected chi connectivity index (χ0v) is 13.5. The highest BCUT2D eigenvalue weighted by molar-refractivity contribution is 7.80. The van der Waals surface area contributed by atoms with Crippen molar-refractivity contribution in [3.8, 4) is 11.5 Å². The molecule has 0 unspecified atom stereocenters. The molecule has 22 heavy (non-hydrogen) atoms. The van der Waals surface area contributed by atoms with E-state index in [1.807, 2.05) is 48.5 Å². The lowest BCUT2D eigenvalue weighted by molar-refractivity contribution is 0.555. The molecule has 0 bridgehead atoms. The van der Waals surface area contributed by atoms with Crippen molar-refractivity contribution in [3.63, 3.8) is 0 Å². The first-order chi connectivity index (χ1) is 10.5. The fraction of sp³-hybridized carbons (Fsp3) is 0.125. The summed E-state index contributed by atoms with van der Waals surface area (Å²) in [6, 6.07) is 15.4. The standard InChI is InChI=1S/C16H16N2O2S2/c17-15(21)19-13-5-1-3-11(9-13)7-8-12-4-2-6-14(10-12)20-16(18)22/h1-6,9-10H,7-8H2,(H2,17,21)(H2,18,22). The minimum Gasteiger partial charge on any atom is -0.432 e. The van der Waals surface area contributed by atoms with Gasteiger partial charge in [0.05, 0.1) is 0 Å². The van der Waals surface area contributed by atoms with Gasteiger partial charge in [-0.25, -0.2) is 0 Å². The minimum atomic E-state index is 0.0137. The molecule has 0 aliphatic carbocycles. The molecule has 2 rings (SSSR count). The molecule has 0 radical (unpaired) electrons. The van der Waals surface area contributed by atoms with E-state index >= 15 is 0 Å². The number of ether oxygens (including phenoxy) is 2. The second-order valence-electron chi connectivity index (χ2n) is 4.64. The molecule has 0 fully saturated rings. The van der Waals surface area contributed by atoms with Crippen molar-refractivity contribution in [2.24, 2.45) is 11.5 Å². The van der Waals surface area contributed by atoms with E-state index in [0.717, 1.165) is 24.0 Å². The Hall–Kier alpha value is -2.18. The van der Waals surface area contributed by atoms with E-state index in [1.165, 1.54) is 0 Å². The van der Waals surface area contributed by atoms with Gasteiger partial charge in [-0.3, -0.25) is 0 Å². The highest BCUT2D eigenvalue weighted by atomic mass is 32.1. The van der Waals surface area contributed by atoms with Gasteiger partial charge in [0, 0.05) is 0 Å². The van der Waals surface area contributed by atoms with Crippen LogP contribution in [0.5, 0.6) is 11.5 Å². The summed E-state index contributed by atoms with van der Waals surface area (Å²) in [4.78, 5) is 0. The van der Waals surface area contributed by atoms with Gasteiger partial charge >= 0.3 is 0 Å². The number of rotatable bonds is 5. The van der Waals surface area contributed by atoms with Crippen molar-refractivity contribution in [1.29, 1.82) is 0 Å². The molecular weight excluding hydrogens is 316 g/mol. The molecule has 0 aliphatic rings. The summed E-state index contributed by atoms with van der Waals surface area (Å²) in [5.74, 6) is 1.30. The zero-order chi connectivity index (χ0) is 15.9. The van der Waals surface area contributed by atoms with Crippen LogP contribution in [-0.2, 0) is 12.8 Å². The van der Waals surface area contributed by atoms with Crippen LogP contribution in [0.1, 0.15) is 11.1 Å². The molecule has 0 aromatic heterocycles. The Morgan fingerprint density at radius 1 is 0.773 bits per heavy atom. The predicted octanol–water partition coefficient (Wildman–Crippen LogP) is 2.72. The van der Waals surface area contributed by atoms with Crippen LogP contribution in [0.25, 0.3) is 0 Å². The third kappa shape index (κ3) is 5.31. The fourth-order valence-electron chi connectivity index (χ4n) is 2.05. The maximum Gasteiger partial charge on any atom is 0.259 e. The van der Waals surface area contributed by atoms with Crippen molar-refractivity contribution >= 4 is 34.8 Å². The van der Waals surface area contributed by atoms with Gasteiger partial charge in [0.25, 0.3) is 10.3 Å². The van der Waals surface area contributed by atoms with Crippen LogP contribution in [0.3, 0.4) is 0 Å². The molecule has 0 spiro atoms. The predicted molar refractivity (Wildman–Crippen MR) is 95.1 cm³/mol. The largest absolute Gasteiger partial charge is 0.432 e. The van der Waals surface area contributed by atoms with Gasteiger partial charge in [-0.2, -0.15) is 0 Å². The Kier molecular flexibility index (Phi) is 5.68. The second-order valence-corrected chi connectivity index (χ2v) is 5.44. The normalized spacial score (nSPS) is 10.0. The van der Waals surface area contributed by atoms with Crippen LogP contribution >= 0.6 is 24.4 Å². The summed E-state index contributed by atoms with van der Waals surface area (Å²) >= 11 is 9.46. The fourth-order valence-corrected chi connectivity index (χ4v) is 2.24. The van der Waals surface area contributed by atoms with Crippen LogP contribution in [-0.4, -0.2) is 10.3 Å². The number of hydrogen-bond acceptors (Lipinski definition) is 4. The summed E-state index contributed by atoms with van der Waals surface area (Å²) < 4.78 is 10.5. The maximum absolute atomic E-state index is 5.37. The highest BCUT2D eigenvalue weighted by Gasteiger charge is 2.02. The quantitative estimate of drug-likeness (QED) is 0.821. The molecular formula is C16H16N2O2S2. The topological polar surface area (TPSA) is 70.5 Å². The summed E-state index contributed by atoms with van der Waals surface area (Å²) in [7, 11) is 0. The SMILES string of the molecule is NC(=S)Oc1cccc(CCc2cccc(OC(N)=S)c2)c1. The molecule has 0 aliphatic heterocycles. The number of benzene rings is 2. The molecule has 0 heterocycles. The van der Waals surface area contributed by atoms with Crippen molar-refractivity contribution < 1.29 is 9.47 Å². The number of thiocarbonyl (C=S) groups is 2. The Morgan fingerprint density at radius 2 is 1.18 bits per heavy atom. The van der Waals surface area contributed by atoms with E-state index in [9.17, 15) is 0 Å². The number of aryl methyl sites for hydroxylation is 2. The number of hydrogen-bond donors (Lipinski definition) is 2. The van der Waals surface area contributed by atoms with Crippen molar-refractivity contribution in [1.82, 2.24) is 0 Å². The van der Waals surface area contributed by atoms with E-state index < -0.39 is 0 Å². The third-order valence-corrected chi connectivity index (χ3v) is 3.10. The van der Waals surface area contributed by atoms with Gasteiger partial charge in [-0.05, 0) is 72.7 Å². The van der Waals surface area contributed by atoms with Gasteiger partial charge in [0.15, 0.2) is 0 Å². The Bertz CT molecular complexity index is 630. The molecule has 2 aromatic carbocycles. The average Bonchev–Trinajstić information content (AvgIpc) is 2.44. The summed E-state index contributed by atoms with van der Waals surface area (Å²) in [6.45, 7) is 0. The van der Waals surface area contributed by atoms with Gasteiger partial charge in [-0.1, -0.05) is 24.3 Å².